The largest absolute Gasteiger partial charge is 0.351 e. The topological polar surface area (TPSA) is 78.3 Å². The Hall–Kier alpha value is -2.67. The Labute approximate surface area is 152 Å². The van der Waals surface area contributed by atoms with Crippen LogP contribution in [-0.4, -0.2) is 37.6 Å². The molecule has 3 heterocycles. The molecule has 0 amide bonds. The van der Waals surface area contributed by atoms with Crippen LogP contribution in [0.3, 0.4) is 0 Å². The molecule has 2 aromatic heterocycles. The normalized spacial score (nSPS) is 15.4. The molecule has 1 saturated heterocycles. The molecular weight excluding hydrogens is 328 g/mol. The van der Waals surface area contributed by atoms with E-state index in [0.717, 1.165) is 24.3 Å². The van der Waals surface area contributed by atoms with Crippen molar-refractivity contribution in [3.05, 3.63) is 57.5 Å². The van der Waals surface area contributed by atoms with Crippen LogP contribution < -0.4 is 10.9 Å². The molecule has 7 nitrogen and oxygen atoms in total. The highest BCUT2D eigenvalue weighted by Crippen LogP contribution is 2.12. The summed E-state index contributed by atoms with van der Waals surface area (Å²) >= 11 is 0. The molecule has 0 radical (unpaired) electrons. The Kier molecular flexibility index (Phi) is 4.71. The number of aromatic nitrogens is 4. The predicted octanol–water partition coefficient (Wildman–Crippen LogP) is 2.32. The number of hydrogen-bond acceptors (Lipinski definition) is 5. The van der Waals surface area contributed by atoms with Gasteiger partial charge in [0.25, 0.3) is 11.3 Å². The number of likely N-dealkylation sites (tertiary alicyclic amines) is 1. The number of piperidine rings is 1. The van der Waals surface area contributed by atoms with E-state index >= 15 is 0 Å². The van der Waals surface area contributed by atoms with Gasteiger partial charge in [-0.05, 0) is 38.4 Å². The van der Waals surface area contributed by atoms with Crippen molar-refractivity contribution in [2.75, 3.05) is 18.4 Å². The molecule has 3 aromatic rings. The average molecular weight is 352 g/mol. The minimum atomic E-state index is -0.127. The van der Waals surface area contributed by atoms with E-state index in [2.05, 4.69) is 56.5 Å². The summed E-state index contributed by atoms with van der Waals surface area (Å²) < 4.78 is 1.39. The smallest absolute Gasteiger partial charge is 0.274 e. The fourth-order valence-electron chi connectivity index (χ4n) is 3.33. The molecule has 7 heteroatoms. The molecular formula is C19H24N6O. The van der Waals surface area contributed by atoms with Crippen LogP contribution in [0.4, 0.5) is 5.95 Å². The van der Waals surface area contributed by atoms with Crippen molar-refractivity contribution in [3.8, 4) is 0 Å². The van der Waals surface area contributed by atoms with E-state index in [4.69, 9.17) is 0 Å². The van der Waals surface area contributed by atoms with Gasteiger partial charge in [-0.25, -0.2) is 4.98 Å². The van der Waals surface area contributed by atoms with E-state index in [1.165, 1.54) is 29.3 Å². The van der Waals surface area contributed by atoms with E-state index < -0.39 is 0 Å². The second-order valence-electron chi connectivity index (χ2n) is 6.97. The zero-order valence-electron chi connectivity index (χ0n) is 15.0. The van der Waals surface area contributed by atoms with Crippen LogP contribution in [0.1, 0.15) is 36.1 Å². The minimum absolute atomic E-state index is 0.127. The second kappa shape index (κ2) is 7.29. The van der Waals surface area contributed by atoms with E-state index in [9.17, 15) is 4.79 Å². The van der Waals surface area contributed by atoms with Crippen molar-refractivity contribution in [2.45, 2.75) is 39.3 Å². The number of benzene rings is 1. The fraction of sp³-hybridized carbons (Fsp3) is 0.421. The van der Waals surface area contributed by atoms with Gasteiger partial charge >= 0.3 is 0 Å². The maximum absolute atomic E-state index is 12.4. The first kappa shape index (κ1) is 16.8. The third-order valence-corrected chi connectivity index (χ3v) is 4.80. The van der Waals surface area contributed by atoms with Gasteiger partial charge < -0.3 is 5.32 Å². The van der Waals surface area contributed by atoms with E-state index in [-0.39, 0.29) is 5.56 Å². The zero-order valence-corrected chi connectivity index (χ0v) is 15.0. The summed E-state index contributed by atoms with van der Waals surface area (Å²) in [5.41, 5.74) is 3.04. The number of H-pyrrole nitrogens is 1. The Morgan fingerprint density at radius 1 is 1.12 bits per heavy atom. The van der Waals surface area contributed by atoms with Gasteiger partial charge in [-0.2, -0.15) is 9.50 Å². The van der Waals surface area contributed by atoms with Crippen LogP contribution in [0.2, 0.25) is 0 Å². The van der Waals surface area contributed by atoms with Gasteiger partial charge in [0.1, 0.15) is 0 Å². The fourth-order valence-corrected chi connectivity index (χ4v) is 3.33. The number of anilines is 1. The molecule has 1 aromatic carbocycles. The molecule has 1 fully saturated rings. The van der Waals surface area contributed by atoms with Crippen LogP contribution >= 0.6 is 0 Å². The molecule has 0 unspecified atom stereocenters. The van der Waals surface area contributed by atoms with Crippen molar-refractivity contribution in [1.29, 1.82) is 0 Å². The number of aromatic amines is 1. The summed E-state index contributed by atoms with van der Waals surface area (Å²) in [6, 6.07) is 9.91. The summed E-state index contributed by atoms with van der Waals surface area (Å²) in [5.74, 6) is 0.959. The number of rotatable bonds is 5. The maximum atomic E-state index is 12.4. The molecule has 0 saturated carbocycles. The Morgan fingerprint density at radius 2 is 1.88 bits per heavy atom. The van der Waals surface area contributed by atoms with Crippen molar-refractivity contribution in [2.24, 2.45) is 0 Å². The Balaban J connectivity index is 1.49. The first-order valence-electron chi connectivity index (χ1n) is 9.18. The number of fused-ring (bicyclic) bond motifs is 1. The molecule has 0 aliphatic carbocycles. The van der Waals surface area contributed by atoms with Crippen LogP contribution in [0.25, 0.3) is 5.78 Å². The SMILES string of the molecule is Cc1ccc(CNc2nc3nc(CN4CCCCC4)cc(=O)n3[nH]2)cc1. The molecule has 0 bridgehead atoms. The summed E-state index contributed by atoms with van der Waals surface area (Å²) in [5, 5.41) is 6.20. The van der Waals surface area contributed by atoms with Crippen LogP contribution in [0.5, 0.6) is 0 Å². The lowest BCUT2D eigenvalue weighted by molar-refractivity contribution is 0.218. The molecule has 26 heavy (non-hydrogen) atoms. The van der Waals surface area contributed by atoms with Gasteiger partial charge in [-0.1, -0.05) is 36.2 Å². The van der Waals surface area contributed by atoms with Crippen molar-refractivity contribution >= 4 is 11.7 Å². The van der Waals surface area contributed by atoms with Gasteiger partial charge in [-0.3, -0.25) is 14.8 Å². The van der Waals surface area contributed by atoms with Crippen LogP contribution in [0.15, 0.2) is 35.1 Å². The van der Waals surface area contributed by atoms with Gasteiger partial charge in [0.05, 0.1) is 5.69 Å². The van der Waals surface area contributed by atoms with Gasteiger partial charge in [0, 0.05) is 19.2 Å². The quantitative estimate of drug-likeness (QED) is 0.737. The number of nitrogens with zero attached hydrogens (tertiary/aromatic N) is 4. The van der Waals surface area contributed by atoms with Crippen LogP contribution in [0, 0.1) is 6.92 Å². The Morgan fingerprint density at radius 3 is 2.65 bits per heavy atom. The molecule has 1 aliphatic rings. The molecule has 0 atom stereocenters. The third-order valence-electron chi connectivity index (χ3n) is 4.80. The number of hydrogen-bond donors (Lipinski definition) is 2. The van der Waals surface area contributed by atoms with Gasteiger partial charge in [-0.15, -0.1) is 0 Å². The van der Waals surface area contributed by atoms with Crippen molar-refractivity contribution in [1.82, 2.24) is 24.5 Å². The molecule has 1 aliphatic heterocycles. The first-order chi connectivity index (χ1) is 12.7. The maximum Gasteiger partial charge on any atom is 0.274 e. The van der Waals surface area contributed by atoms with E-state index in [1.54, 1.807) is 6.07 Å². The van der Waals surface area contributed by atoms with E-state index in [0.29, 0.717) is 24.8 Å². The zero-order chi connectivity index (χ0) is 17.9. The molecule has 4 rings (SSSR count). The van der Waals surface area contributed by atoms with Gasteiger partial charge in [0.15, 0.2) is 0 Å². The van der Waals surface area contributed by atoms with Crippen LogP contribution in [-0.2, 0) is 13.1 Å². The Bertz CT molecular complexity index is 937. The second-order valence-corrected chi connectivity index (χ2v) is 6.97. The van der Waals surface area contributed by atoms with Crippen molar-refractivity contribution < 1.29 is 0 Å². The highest BCUT2D eigenvalue weighted by molar-refractivity contribution is 5.38. The molecule has 136 valence electrons. The first-order valence-corrected chi connectivity index (χ1v) is 9.18. The minimum Gasteiger partial charge on any atom is -0.351 e. The third kappa shape index (κ3) is 3.77. The summed E-state index contributed by atoms with van der Waals surface area (Å²) in [4.78, 5) is 23.7. The van der Waals surface area contributed by atoms with Crippen molar-refractivity contribution in [3.63, 3.8) is 0 Å². The monoisotopic (exact) mass is 352 g/mol. The van der Waals surface area contributed by atoms with Gasteiger partial charge in [0.2, 0.25) is 5.95 Å². The number of nitrogens with one attached hydrogen (secondary N) is 2. The standard InChI is InChI=1S/C19H24N6O/c1-14-5-7-15(8-6-14)12-20-18-22-19-21-16(11-17(26)25(19)23-18)13-24-9-3-2-4-10-24/h5-8,11H,2-4,9-10,12-13H2,1H3,(H2,20,21,22,23). The average Bonchev–Trinajstić information content (AvgIpc) is 3.06. The lowest BCUT2D eigenvalue weighted by Crippen LogP contribution is -2.30. The van der Waals surface area contributed by atoms with E-state index in [1.807, 2.05) is 0 Å². The lowest BCUT2D eigenvalue weighted by Gasteiger charge is -2.25. The molecule has 2 N–H and O–H groups in total. The summed E-state index contributed by atoms with van der Waals surface area (Å²) in [6.07, 6.45) is 3.73. The lowest BCUT2D eigenvalue weighted by atomic mass is 10.1. The summed E-state index contributed by atoms with van der Waals surface area (Å²) in [7, 11) is 0. The predicted molar refractivity (Wildman–Crippen MR) is 101 cm³/mol. The summed E-state index contributed by atoms with van der Waals surface area (Å²) in [6.45, 7) is 5.56. The molecule has 0 spiro atoms. The highest BCUT2D eigenvalue weighted by Gasteiger charge is 2.13. The number of aryl methyl sites for hydroxylation is 1. The highest BCUT2D eigenvalue weighted by atomic mass is 16.1.